The fourth-order valence-corrected chi connectivity index (χ4v) is 13.7. The average Bonchev–Trinajstić information content (AvgIpc) is 3.60. The molecule has 0 unspecified atom stereocenters. The van der Waals surface area contributed by atoms with Crippen molar-refractivity contribution in [2.75, 3.05) is 39.4 Å². The van der Waals surface area contributed by atoms with Crippen molar-refractivity contribution in [3.63, 3.8) is 0 Å². The molecule has 7 rings (SSSR count). The van der Waals surface area contributed by atoms with Crippen molar-refractivity contribution in [2.24, 2.45) is 33.0 Å². The smallest absolute Gasteiger partial charge is 0.407 e. The Morgan fingerprint density at radius 3 is 2.05 bits per heavy atom. The predicted octanol–water partition coefficient (Wildman–Crippen LogP) is 4.94. The van der Waals surface area contributed by atoms with Gasteiger partial charge in [0.25, 0.3) is 5.91 Å². The van der Waals surface area contributed by atoms with Crippen LogP contribution in [0.25, 0.3) is 0 Å². The third-order valence-corrected chi connectivity index (χ3v) is 18.2. The van der Waals surface area contributed by atoms with Crippen LogP contribution in [0.1, 0.15) is 138 Å². The van der Waals surface area contributed by atoms with Gasteiger partial charge in [0.05, 0.1) is 6.04 Å². The molecule has 0 bridgehead atoms. The van der Waals surface area contributed by atoms with Crippen LogP contribution in [0.3, 0.4) is 0 Å². The van der Waals surface area contributed by atoms with Gasteiger partial charge >= 0.3 is 16.3 Å². The van der Waals surface area contributed by atoms with Crippen molar-refractivity contribution in [3.8, 4) is 0 Å². The van der Waals surface area contributed by atoms with E-state index in [0.717, 1.165) is 64.2 Å². The third kappa shape index (κ3) is 7.74. The van der Waals surface area contributed by atoms with Crippen LogP contribution in [0.4, 0.5) is 4.79 Å². The molecule has 7 fully saturated rings. The Balaban J connectivity index is 1.18. The van der Waals surface area contributed by atoms with Crippen LogP contribution in [0.2, 0.25) is 0 Å². The molecule has 0 aromatic heterocycles. The Labute approximate surface area is 352 Å². The Kier molecular flexibility index (Phi) is 11.7. The van der Waals surface area contributed by atoms with Gasteiger partial charge in [0.2, 0.25) is 11.8 Å². The van der Waals surface area contributed by atoms with E-state index in [-0.39, 0.29) is 40.0 Å². The van der Waals surface area contributed by atoms with E-state index < -0.39 is 62.7 Å². The Hall–Kier alpha value is -2.75. The molecule has 6 atom stereocenters. The number of carbonyl (C=O) groups excluding carboxylic acids is 4. The van der Waals surface area contributed by atoms with E-state index >= 15 is 4.79 Å². The molecule has 2 spiro atoms. The topological polar surface area (TPSA) is 175 Å². The number of alkyl carbamates (subject to hydrolysis) is 1. The lowest BCUT2D eigenvalue weighted by molar-refractivity contribution is -0.145. The van der Waals surface area contributed by atoms with Gasteiger partial charge in [-0.25, -0.2) is 9.52 Å². The highest BCUT2D eigenvalue weighted by Gasteiger charge is 2.85. The summed E-state index contributed by atoms with van der Waals surface area (Å²) < 4.78 is 41.6. The number of hydrogen-bond donors (Lipinski definition) is 4. The second-order valence-electron chi connectivity index (χ2n) is 21.4. The summed E-state index contributed by atoms with van der Waals surface area (Å²) in [6.45, 7) is 20.8. The van der Waals surface area contributed by atoms with Crippen LogP contribution in [-0.4, -0.2) is 110 Å². The van der Waals surface area contributed by atoms with E-state index in [2.05, 4.69) is 54.9 Å². The maximum absolute atomic E-state index is 15.6. The SMILES string of the molecule is C=C[C@@H]1C[C@]1(NC(=O)[C@@H]1C[C@@]2(CN1C(=O)[C@@H](NC[C@@H](NC(=O)OC(C)(C)C)C1(C)CCCCC1)C1(C)CCOCC1)C(C)(C)C21CCC1)C(=O)NS(=O)(=O)N1CCCC1. The van der Waals surface area contributed by atoms with Crippen molar-refractivity contribution in [1.29, 1.82) is 0 Å². The summed E-state index contributed by atoms with van der Waals surface area (Å²) in [5.74, 6) is -1.84. The molecule has 0 aromatic rings. The Morgan fingerprint density at radius 1 is 0.864 bits per heavy atom. The molecule has 3 heterocycles. The lowest BCUT2D eigenvalue weighted by Gasteiger charge is -2.45. The molecular formula is C44H72N6O8S. The molecule has 3 aliphatic heterocycles. The molecule has 14 nitrogen and oxygen atoms in total. The second kappa shape index (κ2) is 15.6. The summed E-state index contributed by atoms with van der Waals surface area (Å²) in [7, 11) is -4.09. The van der Waals surface area contributed by atoms with Gasteiger partial charge in [0, 0.05) is 56.8 Å². The van der Waals surface area contributed by atoms with Crippen molar-refractivity contribution in [2.45, 2.75) is 168 Å². The molecule has 4 saturated carbocycles. The number of ether oxygens (including phenoxy) is 2. The summed E-state index contributed by atoms with van der Waals surface area (Å²) in [5, 5.41) is 9.96. The van der Waals surface area contributed by atoms with Gasteiger partial charge < -0.3 is 30.3 Å². The zero-order valence-electron chi connectivity index (χ0n) is 36.8. The monoisotopic (exact) mass is 845 g/mol. The van der Waals surface area contributed by atoms with Crippen molar-refractivity contribution >= 4 is 34.0 Å². The first-order chi connectivity index (χ1) is 27.6. The predicted molar refractivity (Wildman–Crippen MR) is 224 cm³/mol. The fourth-order valence-electron chi connectivity index (χ4n) is 12.4. The van der Waals surface area contributed by atoms with Gasteiger partial charge in [0.15, 0.2) is 0 Å². The van der Waals surface area contributed by atoms with E-state index in [9.17, 15) is 22.8 Å². The molecular weight excluding hydrogens is 773 g/mol. The lowest BCUT2D eigenvalue weighted by atomic mass is 9.70. The molecule has 59 heavy (non-hydrogen) atoms. The molecule has 4 amide bonds. The number of nitrogens with one attached hydrogen (secondary N) is 4. The number of amides is 4. The molecule has 0 radical (unpaired) electrons. The normalized spacial score (nSPS) is 32.7. The number of nitrogens with zero attached hydrogens (tertiary/aromatic N) is 2. The Morgan fingerprint density at radius 2 is 1.51 bits per heavy atom. The highest BCUT2D eigenvalue weighted by molar-refractivity contribution is 7.87. The summed E-state index contributed by atoms with van der Waals surface area (Å²) >= 11 is 0. The van der Waals surface area contributed by atoms with Crippen LogP contribution < -0.4 is 20.7 Å². The largest absolute Gasteiger partial charge is 0.444 e. The van der Waals surface area contributed by atoms with Crippen molar-refractivity contribution in [1.82, 2.24) is 29.9 Å². The molecule has 332 valence electrons. The summed E-state index contributed by atoms with van der Waals surface area (Å²) in [4.78, 5) is 59.6. The minimum atomic E-state index is -4.09. The summed E-state index contributed by atoms with van der Waals surface area (Å²) in [6, 6.07) is -1.88. The molecule has 4 aliphatic carbocycles. The fraction of sp³-hybridized carbons (Fsp3) is 0.864. The third-order valence-electron chi connectivity index (χ3n) is 16.7. The van der Waals surface area contributed by atoms with E-state index in [4.69, 9.17) is 9.47 Å². The van der Waals surface area contributed by atoms with Gasteiger partial charge in [-0.15, -0.1) is 6.58 Å². The van der Waals surface area contributed by atoms with E-state index in [1.54, 1.807) is 11.0 Å². The molecule has 3 saturated heterocycles. The minimum Gasteiger partial charge on any atom is -0.444 e. The number of fused-ring (bicyclic) bond motifs is 1. The van der Waals surface area contributed by atoms with E-state index in [1.807, 2.05) is 20.8 Å². The van der Waals surface area contributed by atoms with Crippen LogP contribution in [0, 0.1) is 33.0 Å². The maximum atomic E-state index is 15.6. The van der Waals surface area contributed by atoms with Gasteiger partial charge in [-0.1, -0.05) is 59.5 Å². The Bertz CT molecular complexity index is 1770. The maximum Gasteiger partial charge on any atom is 0.407 e. The first-order valence-corrected chi connectivity index (χ1v) is 23.9. The number of likely N-dealkylation sites (tertiary alicyclic amines) is 1. The zero-order valence-corrected chi connectivity index (χ0v) is 37.6. The van der Waals surface area contributed by atoms with Crippen molar-refractivity contribution < 1.29 is 37.1 Å². The second-order valence-corrected chi connectivity index (χ2v) is 23.1. The quantitative estimate of drug-likeness (QED) is 0.187. The standard InChI is InChI=1S/C44H72N6O8S/c1-9-30-26-44(30,36(53)48-59(55,56)49-22-13-14-23-49)47-34(51)31-27-43(39(5,6)42(43)18-15-19-42)29-50(31)35(52)33(41(8)20-24-57-25-21-41)45-28-32(40(7)16-11-10-12-17-40)46-37(54)58-38(2,3)4/h9,30-33,45H,1,10-29H2,2-8H3,(H,46,54)(H,47,51)(H,48,53)/t30-,31+,32-,33-,43-,44-/m1/s1. The molecule has 7 aliphatic rings. The van der Waals surface area contributed by atoms with Crippen molar-refractivity contribution in [3.05, 3.63) is 12.7 Å². The minimum absolute atomic E-state index is 0.0270. The summed E-state index contributed by atoms with van der Waals surface area (Å²) in [5.41, 5.74) is -3.24. The van der Waals surface area contributed by atoms with E-state index in [1.165, 1.54) is 4.31 Å². The summed E-state index contributed by atoms with van der Waals surface area (Å²) in [6.07, 6.45) is 12.8. The van der Waals surface area contributed by atoms with Gasteiger partial charge in [-0.2, -0.15) is 12.7 Å². The van der Waals surface area contributed by atoms with Crippen LogP contribution in [-0.2, 0) is 34.1 Å². The highest BCUT2D eigenvalue weighted by atomic mass is 32.2. The molecule has 4 N–H and O–H groups in total. The van der Waals surface area contributed by atoms with E-state index in [0.29, 0.717) is 58.7 Å². The molecule has 0 aromatic carbocycles. The number of carbonyl (C=O) groups is 4. The van der Waals surface area contributed by atoms with Crippen LogP contribution in [0.5, 0.6) is 0 Å². The highest BCUT2D eigenvalue weighted by Crippen LogP contribution is 2.88. The van der Waals surface area contributed by atoms with Gasteiger partial charge in [0.1, 0.15) is 17.2 Å². The first kappa shape index (κ1) is 44.3. The van der Waals surface area contributed by atoms with Crippen LogP contribution >= 0.6 is 0 Å². The van der Waals surface area contributed by atoms with Gasteiger partial charge in [-0.3, -0.25) is 14.4 Å². The number of hydrogen-bond acceptors (Lipinski definition) is 9. The van der Waals surface area contributed by atoms with Gasteiger partial charge in [-0.05, 0) is 107 Å². The molecule has 15 heteroatoms. The number of rotatable bonds is 13. The van der Waals surface area contributed by atoms with Crippen LogP contribution in [0.15, 0.2) is 12.7 Å². The lowest BCUT2D eigenvalue weighted by Crippen LogP contribution is -2.63. The zero-order chi connectivity index (χ0) is 42.9. The average molecular weight is 845 g/mol. The first-order valence-electron chi connectivity index (χ1n) is 22.5.